The summed E-state index contributed by atoms with van der Waals surface area (Å²) in [6.07, 6.45) is 5.17. The van der Waals surface area contributed by atoms with E-state index in [2.05, 4.69) is 20.7 Å². The van der Waals surface area contributed by atoms with E-state index in [0.717, 1.165) is 12.4 Å². The predicted molar refractivity (Wildman–Crippen MR) is 77.6 cm³/mol. The highest BCUT2D eigenvalue weighted by Gasteiger charge is 2.10. The highest BCUT2D eigenvalue weighted by Crippen LogP contribution is 2.05. The first-order chi connectivity index (χ1) is 9.69. The van der Waals surface area contributed by atoms with Gasteiger partial charge in [0.1, 0.15) is 5.82 Å². The summed E-state index contributed by atoms with van der Waals surface area (Å²) in [5, 5.41) is 10.1. The Kier molecular flexibility index (Phi) is 4.70. The van der Waals surface area contributed by atoms with Crippen molar-refractivity contribution in [2.24, 2.45) is 0 Å². The Balaban J connectivity index is 1.90. The molecule has 1 unspecified atom stereocenters. The van der Waals surface area contributed by atoms with Gasteiger partial charge >= 0.3 is 0 Å². The van der Waals surface area contributed by atoms with Gasteiger partial charge in [-0.15, -0.1) is 0 Å². The fraction of sp³-hybridized carbons (Fsp3) is 0.357. The first-order valence-electron chi connectivity index (χ1n) is 6.67. The fourth-order valence-corrected chi connectivity index (χ4v) is 1.86. The molecule has 0 fully saturated rings. The first-order valence-corrected chi connectivity index (χ1v) is 6.67. The van der Waals surface area contributed by atoms with Gasteiger partial charge in [0.25, 0.3) is 5.91 Å². The van der Waals surface area contributed by atoms with E-state index in [4.69, 9.17) is 0 Å². The number of carbonyl (C=O) groups excluding carboxylic acids is 1. The monoisotopic (exact) mass is 273 g/mol. The summed E-state index contributed by atoms with van der Waals surface area (Å²) in [5.74, 6) is 0.647. The van der Waals surface area contributed by atoms with Crippen LogP contribution in [0.4, 0.5) is 5.82 Å². The third-order valence-electron chi connectivity index (χ3n) is 2.78. The Morgan fingerprint density at radius 2 is 2.30 bits per heavy atom. The molecule has 0 radical (unpaired) electrons. The maximum absolute atomic E-state index is 12.1. The van der Waals surface area contributed by atoms with Crippen LogP contribution in [0.15, 0.2) is 36.8 Å². The topological polar surface area (TPSA) is 71.8 Å². The minimum Gasteiger partial charge on any atom is -0.370 e. The van der Waals surface area contributed by atoms with Crippen LogP contribution in [0.2, 0.25) is 0 Å². The number of aromatic nitrogens is 3. The van der Waals surface area contributed by atoms with Gasteiger partial charge in [0.05, 0.1) is 12.1 Å². The molecule has 2 aromatic heterocycles. The summed E-state index contributed by atoms with van der Waals surface area (Å²) in [6.45, 7) is 5.39. The summed E-state index contributed by atoms with van der Waals surface area (Å²) in [6, 6.07) is 5.42. The molecule has 0 saturated carbocycles. The van der Waals surface area contributed by atoms with Gasteiger partial charge in [-0.05, 0) is 32.0 Å². The van der Waals surface area contributed by atoms with Crippen molar-refractivity contribution in [2.75, 3.05) is 11.9 Å². The van der Waals surface area contributed by atoms with Crippen molar-refractivity contribution in [3.63, 3.8) is 0 Å². The zero-order chi connectivity index (χ0) is 14.4. The number of nitrogens with zero attached hydrogens (tertiary/aromatic N) is 3. The summed E-state index contributed by atoms with van der Waals surface area (Å²) in [5.41, 5.74) is 0.555. The second-order valence-corrected chi connectivity index (χ2v) is 4.57. The summed E-state index contributed by atoms with van der Waals surface area (Å²) in [4.78, 5) is 16.2. The van der Waals surface area contributed by atoms with Crippen molar-refractivity contribution in [3.8, 4) is 0 Å². The third-order valence-corrected chi connectivity index (χ3v) is 2.78. The number of nitrogens with one attached hydrogen (secondary N) is 2. The van der Waals surface area contributed by atoms with Crippen LogP contribution in [-0.4, -0.2) is 33.3 Å². The largest absolute Gasteiger partial charge is 0.370 e. The second kappa shape index (κ2) is 6.70. The minimum absolute atomic E-state index is 0.00385. The van der Waals surface area contributed by atoms with Crippen molar-refractivity contribution < 1.29 is 4.79 Å². The molecule has 20 heavy (non-hydrogen) atoms. The van der Waals surface area contributed by atoms with Gasteiger partial charge in [0.15, 0.2) is 0 Å². The van der Waals surface area contributed by atoms with E-state index in [1.54, 1.807) is 29.2 Å². The number of amides is 1. The lowest BCUT2D eigenvalue weighted by atomic mass is 10.2. The average molecular weight is 273 g/mol. The standard InChI is InChI=1S/C14H19N5O/c1-3-15-13-6-5-12(9-16-13)14(20)18-11(2)10-19-8-4-7-17-19/h4-9,11H,3,10H2,1-2H3,(H,15,16)(H,18,20). The zero-order valence-electron chi connectivity index (χ0n) is 11.7. The van der Waals surface area contributed by atoms with Crippen LogP contribution in [0.3, 0.4) is 0 Å². The van der Waals surface area contributed by atoms with E-state index in [-0.39, 0.29) is 11.9 Å². The lowest BCUT2D eigenvalue weighted by Crippen LogP contribution is -2.35. The fourth-order valence-electron chi connectivity index (χ4n) is 1.86. The molecule has 6 heteroatoms. The van der Waals surface area contributed by atoms with E-state index >= 15 is 0 Å². The Morgan fingerprint density at radius 1 is 1.45 bits per heavy atom. The van der Waals surface area contributed by atoms with Gasteiger partial charge in [-0.3, -0.25) is 9.48 Å². The molecular formula is C14H19N5O. The molecule has 2 heterocycles. The molecule has 0 aliphatic rings. The molecule has 1 atom stereocenters. The Morgan fingerprint density at radius 3 is 2.90 bits per heavy atom. The number of anilines is 1. The van der Waals surface area contributed by atoms with Crippen LogP contribution in [0, 0.1) is 0 Å². The maximum Gasteiger partial charge on any atom is 0.253 e. The number of pyridine rings is 1. The van der Waals surface area contributed by atoms with Crippen molar-refractivity contribution in [1.82, 2.24) is 20.1 Å². The SMILES string of the molecule is CCNc1ccc(C(=O)NC(C)Cn2cccn2)cn1. The van der Waals surface area contributed by atoms with Crippen LogP contribution in [0.1, 0.15) is 24.2 Å². The van der Waals surface area contributed by atoms with Crippen molar-refractivity contribution in [2.45, 2.75) is 26.4 Å². The molecule has 2 N–H and O–H groups in total. The number of carbonyl (C=O) groups is 1. The van der Waals surface area contributed by atoms with Crippen LogP contribution < -0.4 is 10.6 Å². The van der Waals surface area contributed by atoms with Crippen LogP contribution in [-0.2, 0) is 6.54 Å². The van der Waals surface area contributed by atoms with Crippen LogP contribution >= 0.6 is 0 Å². The number of rotatable bonds is 6. The molecule has 106 valence electrons. The minimum atomic E-state index is -0.125. The quantitative estimate of drug-likeness (QED) is 0.837. The molecule has 6 nitrogen and oxygen atoms in total. The normalized spacial score (nSPS) is 11.9. The summed E-state index contributed by atoms with van der Waals surface area (Å²) >= 11 is 0. The molecular weight excluding hydrogens is 254 g/mol. The summed E-state index contributed by atoms with van der Waals surface area (Å²) in [7, 11) is 0. The summed E-state index contributed by atoms with van der Waals surface area (Å²) < 4.78 is 1.79. The Labute approximate surface area is 118 Å². The van der Waals surface area contributed by atoms with Crippen LogP contribution in [0.25, 0.3) is 0 Å². The van der Waals surface area contributed by atoms with Gasteiger partial charge in [0.2, 0.25) is 0 Å². The van der Waals surface area contributed by atoms with Gasteiger partial charge in [-0.2, -0.15) is 5.10 Å². The Hall–Kier alpha value is -2.37. The molecule has 0 saturated heterocycles. The molecule has 1 amide bonds. The zero-order valence-corrected chi connectivity index (χ0v) is 11.7. The van der Waals surface area contributed by atoms with E-state index in [0.29, 0.717) is 12.1 Å². The van der Waals surface area contributed by atoms with Gasteiger partial charge in [-0.1, -0.05) is 0 Å². The van der Waals surface area contributed by atoms with E-state index in [1.165, 1.54) is 0 Å². The van der Waals surface area contributed by atoms with E-state index in [1.807, 2.05) is 26.1 Å². The van der Waals surface area contributed by atoms with Gasteiger partial charge < -0.3 is 10.6 Å². The lowest BCUT2D eigenvalue weighted by molar-refractivity contribution is 0.0935. The van der Waals surface area contributed by atoms with Gasteiger partial charge in [-0.25, -0.2) is 4.98 Å². The molecule has 0 aliphatic carbocycles. The molecule has 0 bridgehead atoms. The van der Waals surface area contributed by atoms with Crippen LogP contribution in [0.5, 0.6) is 0 Å². The Bertz CT molecular complexity index is 535. The highest BCUT2D eigenvalue weighted by atomic mass is 16.1. The average Bonchev–Trinajstić information content (AvgIpc) is 2.92. The maximum atomic E-state index is 12.1. The van der Waals surface area contributed by atoms with Crippen molar-refractivity contribution >= 4 is 11.7 Å². The highest BCUT2D eigenvalue weighted by molar-refractivity contribution is 5.94. The van der Waals surface area contributed by atoms with Crippen molar-refractivity contribution in [3.05, 3.63) is 42.4 Å². The molecule has 2 aromatic rings. The third kappa shape index (κ3) is 3.81. The number of hydrogen-bond acceptors (Lipinski definition) is 4. The van der Waals surface area contributed by atoms with Crippen molar-refractivity contribution in [1.29, 1.82) is 0 Å². The predicted octanol–water partition coefficient (Wildman–Crippen LogP) is 1.53. The molecule has 0 aromatic carbocycles. The molecule has 0 spiro atoms. The lowest BCUT2D eigenvalue weighted by Gasteiger charge is -2.14. The first kappa shape index (κ1) is 14.0. The molecule has 2 rings (SSSR count). The van der Waals surface area contributed by atoms with Gasteiger partial charge in [0, 0.05) is 31.2 Å². The number of hydrogen-bond donors (Lipinski definition) is 2. The smallest absolute Gasteiger partial charge is 0.253 e. The molecule has 0 aliphatic heterocycles. The second-order valence-electron chi connectivity index (χ2n) is 4.57. The van der Waals surface area contributed by atoms with E-state index in [9.17, 15) is 4.79 Å². The van der Waals surface area contributed by atoms with E-state index < -0.39 is 0 Å².